The van der Waals surface area contributed by atoms with Crippen molar-refractivity contribution < 1.29 is 4.74 Å². The lowest BCUT2D eigenvalue weighted by Crippen LogP contribution is -2.40. The molecule has 0 radical (unpaired) electrons. The van der Waals surface area contributed by atoms with Crippen molar-refractivity contribution in [2.75, 3.05) is 13.7 Å². The van der Waals surface area contributed by atoms with Gasteiger partial charge >= 0.3 is 5.69 Å². The van der Waals surface area contributed by atoms with Crippen LogP contribution in [0.3, 0.4) is 0 Å². The monoisotopic (exact) mass is 319 g/mol. The van der Waals surface area contributed by atoms with E-state index in [-0.39, 0.29) is 23.8 Å². The Balaban J connectivity index is 2.45. The average molecular weight is 319 g/mol. The van der Waals surface area contributed by atoms with Crippen LogP contribution in [0.1, 0.15) is 25.6 Å². The van der Waals surface area contributed by atoms with E-state index in [1.165, 1.54) is 16.2 Å². The first-order valence-electron chi connectivity index (χ1n) is 7.56. The van der Waals surface area contributed by atoms with Crippen LogP contribution in [-0.4, -0.2) is 36.8 Å². The van der Waals surface area contributed by atoms with Crippen LogP contribution in [0.15, 0.2) is 15.8 Å². The molecule has 3 rings (SSSR count). The first-order valence-corrected chi connectivity index (χ1v) is 7.56. The summed E-state index contributed by atoms with van der Waals surface area (Å²) in [4.78, 5) is 29.7. The van der Waals surface area contributed by atoms with Crippen molar-refractivity contribution in [1.82, 2.24) is 23.1 Å². The third-order valence-corrected chi connectivity index (χ3v) is 4.10. The highest BCUT2D eigenvalue weighted by Gasteiger charge is 2.20. The van der Waals surface area contributed by atoms with Crippen LogP contribution < -0.4 is 11.2 Å². The van der Waals surface area contributed by atoms with Crippen LogP contribution in [-0.2, 0) is 18.3 Å². The zero-order chi connectivity index (χ0) is 16.9. The molecule has 3 aromatic rings. The number of hydrogen-bond acceptors (Lipinski definition) is 4. The summed E-state index contributed by atoms with van der Waals surface area (Å²) in [6.07, 6.45) is 1.89. The van der Waals surface area contributed by atoms with Gasteiger partial charge < -0.3 is 9.30 Å². The molecule has 0 saturated heterocycles. The molecule has 0 atom stereocenters. The van der Waals surface area contributed by atoms with Crippen LogP contribution >= 0.6 is 0 Å². The van der Waals surface area contributed by atoms with Crippen LogP contribution in [0, 0.1) is 6.92 Å². The van der Waals surface area contributed by atoms with Crippen molar-refractivity contribution in [2.24, 2.45) is 7.05 Å². The Morgan fingerprint density at radius 3 is 2.61 bits per heavy atom. The van der Waals surface area contributed by atoms with E-state index in [2.05, 4.69) is 18.8 Å². The van der Waals surface area contributed by atoms with Crippen molar-refractivity contribution in [3.8, 4) is 0 Å². The van der Waals surface area contributed by atoms with Gasteiger partial charge in [0.05, 0.1) is 13.2 Å². The SMILES string of the molecule is COCCn1c(=O)c2c(nc3n(C(C)C)c(C)cn23)n(C)c1=O. The fraction of sp³-hybridized carbons (Fsp3) is 0.533. The number of imidazole rings is 2. The summed E-state index contributed by atoms with van der Waals surface area (Å²) in [5.74, 6) is 0.670. The molecular formula is C15H21N5O3. The smallest absolute Gasteiger partial charge is 0.332 e. The van der Waals surface area contributed by atoms with Crippen molar-refractivity contribution in [3.05, 3.63) is 32.7 Å². The van der Waals surface area contributed by atoms with E-state index in [4.69, 9.17) is 4.74 Å². The summed E-state index contributed by atoms with van der Waals surface area (Å²) >= 11 is 0. The minimum Gasteiger partial charge on any atom is -0.383 e. The van der Waals surface area contributed by atoms with E-state index >= 15 is 0 Å². The molecule has 0 N–H and O–H groups in total. The van der Waals surface area contributed by atoms with Crippen molar-refractivity contribution in [1.29, 1.82) is 0 Å². The molecule has 0 aromatic carbocycles. The second-order valence-corrected chi connectivity index (χ2v) is 5.98. The van der Waals surface area contributed by atoms with E-state index in [0.717, 1.165) is 5.69 Å². The van der Waals surface area contributed by atoms with Crippen LogP contribution in [0.5, 0.6) is 0 Å². The van der Waals surface area contributed by atoms with Gasteiger partial charge in [-0.3, -0.25) is 18.3 Å². The van der Waals surface area contributed by atoms with Gasteiger partial charge in [0.1, 0.15) is 0 Å². The predicted octanol–water partition coefficient (Wildman–Crippen LogP) is 0.685. The highest BCUT2D eigenvalue weighted by atomic mass is 16.5. The standard InChI is InChI=1S/C15H21N5O3/c1-9(2)20-10(3)8-19-11-12(16-14(19)20)17(4)15(22)18(13(11)21)6-7-23-5/h8-9H,6-7H2,1-5H3. The lowest BCUT2D eigenvalue weighted by molar-refractivity contribution is 0.184. The van der Waals surface area contributed by atoms with Gasteiger partial charge in [0, 0.05) is 32.1 Å². The van der Waals surface area contributed by atoms with Crippen molar-refractivity contribution >= 4 is 16.9 Å². The molecule has 0 aliphatic rings. The molecule has 0 unspecified atom stereocenters. The Hall–Kier alpha value is -2.35. The largest absolute Gasteiger partial charge is 0.383 e. The number of fused-ring (bicyclic) bond motifs is 3. The summed E-state index contributed by atoms with van der Waals surface area (Å²) in [7, 11) is 3.17. The Labute approximate surface area is 132 Å². The second-order valence-electron chi connectivity index (χ2n) is 5.98. The molecule has 8 nitrogen and oxygen atoms in total. The molecule has 0 fully saturated rings. The maximum atomic E-state index is 12.8. The maximum Gasteiger partial charge on any atom is 0.332 e. The van der Waals surface area contributed by atoms with Crippen LogP contribution in [0.2, 0.25) is 0 Å². The van der Waals surface area contributed by atoms with E-state index in [1.54, 1.807) is 11.4 Å². The summed E-state index contributed by atoms with van der Waals surface area (Å²) in [5.41, 5.74) is 1.11. The fourth-order valence-corrected chi connectivity index (χ4v) is 3.05. The molecule has 0 bridgehead atoms. The summed E-state index contributed by atoms with van der Waals surface area (Å²) in [6, 6.07) is 0.206. The Bertz CT molecular complexity index is 1000. The molecule has 0 aliphatic heterocycles. The number of rotatable bonds is 4. The van der Waals surface area contributed by atoms with Gasteiger partial charge in [-0.05, 0) is 20.8 Å². The normalized spacial score (nSPS) is 12.1. The van der Waals surface area contributed by atoms with Gasteiger partial charge in [-0.15, -0.1) is 0 Å². The molecule has 8 heteroatoms. The van der Waals surface area contributed by atoms with Crippen molar-refractivity contribution in [2.45, 2.75) is 33.4 Å². The molecule has 0 saturated carbocycles. The molecule has 124 valence electrons. The Morgan fingerprint density at radius 2 is 2.00 bits per heavy atom. The van der Waals surface area contributed by atoms with Crippen LogP contribution in [0.4, 0.5) is 0 Å². The van der Waals surface area contributed by atoms with Gasteiger partial charge in [0.2, 0.25) is 5.78 Å². The van der Waals surface area contributed by atoms with Crippen LogP contribution in [0.25, 0.3) is 16.9 Å². The topological polar surface area (TPSA) is 75.5 Å². The third-order valence-electron chi connectivity index (χ3n) is 4.10. The lowest BCUT2D eigenvalue weighted by Gasteiger charge is -2.09. The molecule has 3 heterocycles. The van der Waals surface area contributed by atoms with E-state index in [1.807, 2.05) is 17.7 Å². The number of nitrogens with zero attached hydrogens (tertiary/aromatic N) is 5. The van der Waals surface area contributed by atoms with Gasteiger partial charge in [0.15, 0.2) is 11.2 Å². The summed E-state index contributed by atoms with van der Waals surface area (Å²) in [6.45, 7) is 6.61. The van der Waals surface area contributed by atoms with E-state index < -0.39 is 0 Å². The van der Waals surface area contributed by atoms with E-state index in [0.29, 0.717) is 23.5 Å². The molecule has 0 amide bonds. The minimum absolute atomic E-state index is 0.206. The minimum atomic E-state index is -0.381. The second kappa shape index (κ2) is 5.38. The molecule has 3 aromatic heterocycles. The zero-order valence-electron chi connectivity index (χ0n) is 14.0. The van der Waals surface area contributed by atoms with Gasteiger partial charge in [-0.2, -0.15) is 4.98 Å². The highest BCUT2D eigenvalue weighted by molar-refractivity contribution is 5.75. The van der Waals surface area contributed by atoms with Crippen molar-refractivity contribution in [3.63, 3.8) is 0 Å². The number of aromatic nitrogens is 5. The predicted molar refractivity (Wildman–Crippen MR) is 87.2 cm³/mol. The zero-order valence-corrected chi connectivity index (χ0v) is 14.0. The lowest BCUT2D eigenvalue weighted by atomic mass is 10.3. The number of hydrogen-bond donors (Lipinski definition) is 0. The summed E-state index contributed by atoms with van der Waals surface area (Å²) < 4.78 is 11.4. The van der Waals surface area contributed by atoms with Gasteiger partial charge in [-0.25, -0.2) is 4.79 Å². The quantitative estimate of drug-likeness (QED) is 0.709. The third kappa shape index (κ3) is 2.13. The number of aryl methyl sites for hydroxylation is 2. The highest BCUT2D eigenvalue weighted by Crippen LogP contribution is 2.19. The van der Waals surface area contributed by atoms with Gasteiger partial charge in [0.25, 0.3) is 5.56 Å². The Morgan fingerprint density at radius 1 is 1.30 bits per heavy atom. The molecular weight excluding hydrogens is 298 g/mol. The number of methoxy groups -OCH3 is 1. The average Bonchev–Trinajstić information content (AvgIpc) is 2.99. The number of ether oxygens (including phenoxy) is 1. The Kier molecular flexibility index (Phi) is 3.63. The molecule has 0 spiro atoms. The van der Waals surface area contributed by atoms with Gasteiger partial charge in [-0.1, -0.05) is 0 Å². The molecule has 0 aliphatic carbocycles. The van der Waals surface area contributed by atoms with E-state index in [9.17, 15) is 9.59 Å². The summed E-state index contributed by atoms with van der Waals surface area (Å²) in [5, 5.41) is 0. The first-order chi connectivity index (χ1) is 10.9. The first kappa shape index (κ1) is 15.5. The fourth-order valence-electron chi connectivity index (χ4n) is 3.05. The maximum absolute atomic E-state index is 12.8. The molecule has 23 heavy (non-hydrogen) atoms.